The summed E-state index contributed by atoms with van der Waals surface area (Å²) in [5.74, 6) is 0.703. The maximum absolute atomic E-state index is 12.4. The Balaban J connectivity index is 2.21. The lowest BCUT2D eigenvalue weighted by Gasteiger charge is -2.11. The van der Waals surface area contributed by atoms with Crippen LogP contribution in [0, 0.1) is 0 Å². The molecule has 116 valence electrons. The molecule has 0 unspecified atom stereocenters. The van der Waals surface area contributed by atoms with Crippen LogP contribution in [0.25, 0.3) is 0 Å². The molecule has 1 N–H and O–H groups in total. The first kappa shape index (κ1) is 16.1. The average Bonchev–Trinajstić information content (AvgIpc) is 2.54. The zero-order valence-corrected chi connectivity index (χ0v) is 13.6. The summed E-state index contributed by atoms with van der Waals surface area (Å²) in [7, 11) is 2.49. The normalized spacial score (nSPS) is 11.8. The van der Waals surface area contributed by atoms with Crippen molar-refractivity contribution < 1.29 is 9.00 Å². The second-order valence-corrected chi connectivity index (χ2v) is 6.46. The van der Waals surface area contributed by atoms with Gasteiger partial charge in [-0.1, -0.05) is 19.1 Å². The Kier molecular flexibility index (Phi) is 5.21. The molecule has 0 bridgehead atoms. The van der Waals surface area contributed by atoms with Crippen molar-refractivity contribution in [2.75, 3.05) is 30.1 Å². The third kappa shape index (κ3) is 3.67. The zero-order chi connectivity index (χ0) is 16.1. The molecule has 0 saturated carbocycles. The lowest BCUT2D eigenvalue weighted by Crippen LogP contribution is -2.16. The first-order chi connectivity index (χ1) is 10.5. The van der Waals surface area contributed by atoms with Gasteiger partial charge in [0.15, 0.2) is 0 Å². The number of aromatic nitrogens is 2. The highest BCUT2D eigenvalue weighted by molar-refractivity contribution is 7.85. The quantitative estimate of drug-likeness (QED) is 0.911. The van der Waals surface area contributed by atoms with Crippen LogP contribution in [0.3, 0.4) is 0 Å². The molecule has 22 heavy (non-hydrogen) atoms. The number of anilines is 2. The van der Waals surface area contributed by atoms with Gasteiger partial charge in [-0.15, -0.1) is 0 Å². The van der Waals surface area contributed by atoms with Gasteiger partial charge in [-0.05, 0) is 12.1 Å². The van der Waals surface area contributed by atoms with Crippen molar-refractivity contribution in [2.24, 2.45) is 0 Å². The lowest BCUT2D eigenvalue weighted by molar-refractivity contribution is 0.102. The van der Waals surface area contributed by atoms with E-state index in [2.05, 4.69) is 15.3 Å². The van der Waals surface area contributed by atoms with E-state index in [-0.39, 0.29) is 5.91 Å². The summed E-state index contributed by atoms with van der Waals surface area (Å²) in [6.45, 7) is 1.82. The van der Waals surface area contributed by atoms with Crippen LogP contribution < -0.4 is 10.2 Å². The van der Waals surface area contributed by atoms with Crippen molar-refractivity contribution in [3.8, 4) is 0 Å². The van der Waals surface area contributed by atoms with Gasteiger partial charge in [0.2, 0.25) is 5.95 Å². The lowest BCUT2D eigenvalue weighted by atomic mass is 10.2. The van der Waals surface area contributed by atoms with Crippen molar-refractivity contribution in [3.63, 3.8) is 0 Å². The highest BCUT2D eigenvalue weighted by Crippen LogP contribution is 2.16. The van der Waals surface area contributed by atoms with Crippen molar-refractivity contribution in [3.05, 3.63) is 42.2 Å². The van der Waals surface area contributed by atoms with Gasteiger partial charge in [0.05, 0.1) is 39.3 Å². The third-order valence-corrected chi connectivity index (χ3v) is 4.31. The summed E-state index contributed by atoms with van der Waals surface area (Å²) in [5.41, 5.74) is 0.895. The van der Waals surface area contributed by atoms with Crippen molar-refractivity contribution in [1.82, 2.24) is 9.97 Å². The van der Waals surface area contributed by atoms with Crippen LogP contribution in [0.15, 0.2) is 41.6 Å². The summed E-state index contributed by atoms with van der Waals surface area (Å²) in [6, 6.07) is 6.89. The topological polar surface area (TPSA) is 75.2 Å². The summed E-state index contributed by atoms with van der Waals surface area (Å²) < 4.78 is 12.0. The number of nitrogens with zero attached hydrogens (tertiary/aromatic N) is 3. The van der Waals surface area contributed by atoms with E-state index in [0.717, 1.165) is 0 Å². The first-order valence-corrected chi connectivity index (χ1v) is 8.13. The fraction of sp³-hybridized carbons (Fsp3) is 0.267. The van der Waals surface area contributed by atoms with E-state index >= 15 is 0 Å². The van der Waals surface area contributed by atoms with Crippen LogP contribution in [0.5, 0.6) is 0 Å². The fourth-order valence-corrected chi connectivity index (χ4v) is 2.77. The largest absolute Gasteiger partial charge is 0.347 e. The summed E-state index contributed by atoms with van der Waals surface area (Å²) in [4.78, 5) is 22.9. The third-order valence-electron chi connectivity index (χ3n) is 2.94. The van der Waals surface area contributed by atoms with Gasteiger partial charge in [0.25, 0.3) is 5.91 Å². The van der Waals surface area contributed by atoms with Crippen LogP contribution in [0.4, 0.5) is 11.6 Å². The molecular formula is C15H18N4O2S. The number of amides is 1. The standard InChI is InChI=1S/C15H18N4O2S/c1-4-22(21)13-8-6-5-7-12(13)14(20)18-11-9-16-15(17-10-11)19(2)3/h5-10H,4H2,1-3H3,(H,18,20)/t22-/m0/s1. The van der Waals surface area contributed by atoms with E-state index in [9.17, 15) is 9.00 Å². The summed E-state index contributed by atoms with van der Waals surface area (Å²) in [5, 5.41) is 2.73. The predicted molar refractivity (Wildman–Crippen MR) is 87.7 cm³/mol. The van der Waals surface area contributed by atoms with Gasteiger partial charge in [-0.25, -0.2) is 9.97 Å². The maximum Gasteiger partial charge on any atom is 0.256 e. The number of rotatable bonds is 5. The van der Waals surface area contributed by atoms with Gasteiger partial charge in [0, 0.05) is 19.8 Å². The SMILES string of the molecule is CC[S@](=O)c1ccccc1C(=O)Nc1cnc(N(C)C)nc1. The molecule has 6 nitrogen and oxygen atoms in total. The Hall–Kier alpha value is -2.28. The van der Waals surface area contributed by atoms with Crippen molar-refractivity contribution in [1.29, 1.82) is 0 Å². The van der Waals surface area contributed by atoms with E-state index < -0.39 is 10.8 Å². The molecule has 1 aromatic heterocycles. The second-order valence-electron chi connectivity index (χ2n) is 4.75. The number of benzene rings is 1. The second kappa shape index (κ2) is 7.13. The van der Waals surface area contributed by atoms with Gasteiger partial charge in [-0.2, -0.15) is 0 Å². The molecule has 1 amide bonds. The molecule has 7 heteroatoms. The number of carbonyl (C=O) groups excluding carboxylic acids is 1. The van der Waals surface area contributed by atoms with Gasteiger partial charge in [0.1, 0.15) is 0 Å². The zero-order valence-electron chi connectivity index (χ0n) is 12.7. The molecule has 0 radical (unpaired) electrons. The molecule has 0 aliphatic carbocycles. The highest BCUT2D eigenvalue weighted by Gasteiger charge is 2.15. The molecule has 0 aliphatic heterocycles. The highest BCUT2D eigenvalue weighted by atomic mass is 32.2. The number of nitrogens with one attached hydrogen (secondary N) is 1. The van der Waals surface area contributed by atoms with Gasteiger partial charge in [-0.3, -0.25) is 9.00 Å². The molecule has 2 rings (SSSR count). The summed E-state index contributed by atoms with van der Waals surface area (Å²) in [6.07, 6.45) is 3.08. The molecule has 0 aliphatic rings. The fourth-order valence-electron chi connectivity index (χ4n) is 1.82. The molecule has 0 saturated heterocycles. The smallest absolute Gasteiger partial charge is 0.256 e. The van der Waals surface area contributed by atoms with Crippen LogP contribution in [0.1, 0.15) is 17.3 Å². The van der Waals surface area contributed by atoms with E-state index in [1.807, 2.05) is 21.0 Å². The average molecular weight is 318 g/mol. The summed E-state index contributed by atoms with van der Waals surface area (Å²) >= 11 is 0. The van der Waals surface area contributed by atoms with Gasteiger partial charge < -0.3 is 10.2 Å². The first-order valence-electron chi connectivity index (χ1n) is 6.81. The molecule has 0 fully saturated rings. The molecule has 1 atom stereocenters. The minimum absolute atomic E-state index is 0.321. The minimum Gasteiger partial charge on any atom is -0.347 e. The maximum atomic E-state index is 12.4. The molecule has 1 heterocycles. The van der Waals surface area contributed by atoms with Crippen molar-refractivity contribution >= 4 is 28.3 Å². The van der Waals surface area contributed by atoms with E-state index in [4.69, 9.17) is 0 Å². The Labute approximate surface area is 132 Å². The minimum atomic E-state index is -1.19. The van der Waals surface area contributed by atoms with Crippen LogP contribution in [-0.4, -0.2) is 39.9 Å². The predicted octanol–water partition coefficient (Wildman–Crippen LogP) is 1.92. The molecule has 0 spiro atoms. The van der Waals surface area contributed by atoms with E-state index in [1.54, 1.807) is 41.6 Å². The molecule has 1 aromatic carbocycles. The Morgan fingerprint density at radius 2 is 1.86 bits per heavy atom. The Morgan fingerprint density at radius 3 is 2.45 bits per heavy atom. The number of hydrogen-bond acceptors (Lipinski definition) is 5. The van der Waals surface area contributed by atoms with E-state index in [0.29, 0.717) is 27.8 Å². The Morgan fingerprint density at radius 1 is 1.23 bits per heavy atom. The van der Waals surface area contributed by atoms with Gasteiger partial charge >= 0.3 is 0 Å². The molecular weight excluding hydrogens is 300 g/mol. The van der Waals surface area contributed by atoms with Crippen LogP contribution in [0.2, 0.25) is 0 Å². The van der Waals surface area contributed by atoms with Crippen LogP contribution >= 0.6 is 0 Å². The number of hydrogen-bond donors (Lipinski definition) is 1. The van der Waals surface area contributed by atoms with Crippen molar-refractivity contribution in [2.45, 2.75) is 11.8 Å². The van der Waals surface area contributed by atoms with Crippen LogP contribution in [-0.2, 0) is 10.8 Å². The monoisotopic (exact) mass is 318 g/mol. The van der Waals surface area contributed by atoms with E-state index in [1.165, 1.54) is 0 Å². The Bertz CT molecular complexity index is 686. The molecule has 2 aromatic rings. The number of carbonyl (C=O) groups is 1.